The van der Waals surface area contributed by atoms with Crippen LogP contribution < -0.4 is 10.6 Å². The molecule has 1 atom stereocenters. The van der Waals surface area contributed by atoms with E-state index >= 15 is 0 Å². The Kier molecular flexibility index (Phi) is 11.0. The summed E-state index contributed by atoms with van der Waals surface area (Å²) in [7, 11) is 0. The van der Waals surface area contributed by atoms with Crippen LogP contribution in [0, 0.1) is 0 Å². The van der Waals surface area contributed by atoms with Gasteiger partial charge in [0.05, 0.1) is 5.56 Å². The highest BCUT2D eigenvalue weighted by molar-refractivity contribution is 7.98. The molecule has 44 heavy (non-hydrogen) atoms. The summed E-state index contributed by atoms with van der Waals surface area (Å²) < 4.78 is 39.0. The average molecular weight is 619 g/mol. The molecule has 3 N–H and O–H groups in total. The summed E-state index contributed by atoms with van der Waals surface area (Å²) in [4.78, 5) is 38.3. The summed E-state index contributed by atoms with van der Waals surface area (Å²) in [5.41, 5.74) is 2.23. The number of aliphatic carboxylic acids is 1. The summed E-state index contributed by atoms with van der Waals surface area (Å²) in [6, 6.07) is 28.7. The predicted molar refractivity (Wildman–Crippen MR) is 166 cm³/mol. The molecule has 0 heterocycles. The van der Waals surface area contributed by atoms with Gasteiger partial charge in [0.15, 0.2) is 0 Å². The SMILES string of the molecule is O=C(NC(CCSCc1ccccc1)C(=O)O)C(=Cc1ccc(-c2ccccc2)cc1)NC(=O)c1ccc(C(F)(F)F)cc1. The summed E-state index contributed by atoms with van der Waals surface area (Å²) >= 11 is 1.52. The van der Waals surface area contributed by atoms with Crippen LogP contribution in [-0.4, -0.2) is 34.7 Å². The number of hydrogen-bond acceptors (Lipinski definition) is 4. The number of alkyl halides is 3. The van der Waals surface area contributed by atoms with Crippen molar-refractivity contribution in [1.29, 1.82) is 0 Å². The minimum absolute atomic E-state index is 0.108. The van der Waals surface area contributed by atoms with Gasteiger partial charge in [0.1, 0.15) is 11.7 Å². The Balaban J connectivity index is 1.52. The van der Waals surface area contributed by atoms with Crippen molar-refractivity contribution in [3.63, 3.8) is 0 Å². The normalized spacial score (nSPS) is 12.3. The minimum atomic E-state index is -4.57. The molecule has 0 saturated heterocycles. The van der Waals surface area contributed by atoms with E-state index in [1.54, 1.807) is 12.1 Å². The molecule has 0 fully saturated rings. The van der Waals surface area contributed by atoms with E-state index in [9.17, 15) is 32.7 Å². The van der Waals surface area contributed by atoms with Crippen LogP contribution >= 0.6 is 11.8 Å². The third kappa shape index (κ3) is 9.34. The Bertz CT molecular complexity index is 1590. The number of amides is 2. The van der Waals surface area contributed by atoms with Gasteiger partial charge < -0.3 is 15.7 Å². The molecule has 0 radical (unpaired) electrons. The van der Waals surface area contributed by atoms with Gasteiger partial charge in [0.2, 0.25) is 0 Å². The van der Waals surface area contributed by atoms with Crippen molar-refractivity contribution in [3.8, 4) is 11.1 Å². The van der Waals surface area contributed by atoms with Gasteiger partial charge in [-0.25, -0.2) is 4.79 Å². The summed E-state index contributed by atoms with van der Waals surface area (Å²) in [5, 5.41) is 14.7. The second kappa shape index (κ2) is 15.1. The van der Waals surface area contributed by atoms with Gasteiger partial charge in [-0.2, -0.15) is 24.9 Å². The van der Waals surface area contributed by atoms with Crippen molar-refractivity contribution >= 4 is 35.6 Å². The number of carbonyl (C=O) groups excluding carboxylic acids is 2. The van der Waals surface area contributed by atoms with Gasteiger partial charge in [-0.1, -0.05) is 84.9 Å². The molecule has 0 spiro atoms. The average Bonchev–Trinajstić information content (AvgIpc) is 3.03. The number of hydrogen-bond donors (Lipinski definition) is 3. The van der Waals surface area contributed by atoms with Gasteiger partial charge in [-0.05, 0) is 64.8 Å². The van der Waals surface area contributed by atoms with E-state index in [0.29, 0.717) is 17.1 Å². The third-order valence-electron chi connectivity index (χ3n) is 6.56. The first-order chi connectivity index (χ1) is 21.1. The number of benzene rings is 4. The highest BCUT2D eigenvalue weighted by Gasteiger charge is 2.30. The third-order valence-corrected chi connectivity index (χ3v) is 7.62. The maximum Gasteiger partial charge on any atom is 0.416 e. The van der Waals surface area contributed by atoms with Crippen LogP contribution in [0.5, 0.6) is 0 Å². The molecule has 0 aromatic heterocycles. The Morgan fingerprint density at radius 1 is 0.795 bits per heavy atom. The molecule has 0 aliphatic rings. The van der Waals surface area contributed by atoms with Gasteiger partial charge in [0, 0.05) is 11.3 Å². The van der Waals surface area contributed by atoms with E-state index in [-0.39, 0.29) is 17.7 Å². The Morgan fingerprint density at radius 2 is 1.39 bits per heavy atom. The van der Waals surface area contributed by atoms with Crippen LogP contribution in [0.2, 0.25) is 0 Å². The molecule has 0 aliphatic carbocycles. The van der Waals surface area contributed by atoms with Crippen molar-refractivity contribution in [3.05, 3.63) is 137 Å². The van der Waals surface area contributed by atoms with E-state index in [1.165, 1.54) is 17.8 Å². The Labute approximate surface area is 257 Å². The van der Waals surface area contributed by atoms with Crippen molar-refractivity contribution < 1.29 is 32.7 Å². The lowest BCUT2D eigenvalue weighted by atomic mass is 10.0. The molecule has 10 heteroatoms. The second-order valence-electron chi connectivity index (χ2n) is 9.77. The number of nitrogens with one attached hydrogen (secondary N) is 2. The highest BCUT2D eigenvalue weighted by Crippen LogP contribution is 2.29. The van der Waals surface area contributed by atoms with Crippen LogP contribution in [0.4, 0.5) is 13.2 Å². The van der Waals surface area contributed by atoms with E-state index < -0.39 is 35.6 Å². The number of halogens is 3. The van der Waals surface area contributed by atoms with E-state index in [4.69, 9.17) is 0 Å². The lowest BCUT2D eigenvalue weighted by molar-refractivity contribution is -0.141. The molecule has 4 aromatic carbocycles. The first-order valence-electron chi connectivity index (χ1n) is 13.6. The molecule has 1 unspecified atom stereocenters. The number of thioether (sulfide) groups is 1. The fraction of sp³-hybridized carbons (Fsp3) is 0.147. The van der Waals surface area contributed by atoms with Gasteiger partial charge >= 0.3 is 12.1 Å². The molecule has 6 nitrogen and oxygen atoms in total. The van der Waals surface area contributed by atoms with Crippen LogP contribution in [0.15, 0.2) is 115 Å². The summed E-state index contributed by atoms with van der Waals surface area (Å²) in [6.45, 7) is 0. The summed E-state index contributed by atoms with van der Waals surface area (Å²) in [6.07, 6.45) is -3.06. The molecular weight excluding hydrogens is 589 g/mol. The van der Waals surface area contributed by atoms with Crippen molar-refractivity contribution in [2.45, 2.75) is 24.4 Å². The van der Waals surface area contributed by atoms with E-state index in [0.717, 1.165) is 41.0 Å². The van der Waals surface area contributed by atoms with Crippen LogP contribution in [0.1, 0.15) is 33.5 Å². The zero-order valence-electron chi connectivity index (χ0n) is 23.4. The number of carbonyl (C=O) groups is 3. The zero-order valence-corrected chi connectivity index (χ0v) is 24.2. The van der Waals surface area contributed by atoms with E-state index in [1.807, 2.05) is 72.8 Å². The smallest absolute Gasteiger partial charge is 0.416 e. The first kappa shape index (κ1) is 32.1. The largest absolute Gasteiger partial charge is 0.480 e. The lowest BCUT2D eigenvalue weighted by Gasteiger charge is -2.17. The molecule has 4 aromatic rings. The molecule has 0 bridgehead atoms. The Morgan fingerprint density at radius 3 is 1.98 bits per heavy atom. The first-order valence-corrected chi connectivity index (χ1v) is 14.8. The van der Waals surface area contributed by atoms with Crippen molar-refractivity contribution in [2.75, 3.05) is 5.75 Å². The quantitative estimate of drug-likeness (QED) is 0.117. The van der Waals surface area contributed by atoms with Crippen LogP contribution in [-0.2, 0) is 21.5 Å². The van der Waals surface area contributed by atoms with Gasteiger partial charge in [-0.15, -0.1) is 0 Å². The number of carboxylic acid groups (broad SMARTS) is 1. The molecule has 0 saturated carbocycles. The van der Waals surface area contributed by atoms with Crippen molar-refractivity contribution in [1.82, 2.24) is 10.6 Å². The van der Waals surface area contributed by atoms with E-state index in [2.05, 4.69) is 10.6 Å². The van der Waals surface area contributed by atoms with Gasteiger partial charge in [-0.3, -0.25) is 9.59 Å². The van der Waals surface area contributed by atoms with Crippen LogP contribution in [0.3, 0.4) is 0 Å². The highest BCUT2D eigenvalue weighted by atomic mass is 32.2. The van der Waals surface area contributed by atoms with Crippen LogP contribution in [0.25, 0.3) is 17.2 Å². The fourth-order valence-electron chi connectivity index (χ4n) is 4.19. The topological polar surface area (TPSA) is 95.5 Å². The van der Waals surface area contributed by atoms with Gasteiger partial charge in [0.25, 0.3) is 11.8 Å². The standard InChI is InChI=1S/C34H29F3N2O4S/c35-34(36,37)28-17-15-27(16-18-28)31(40)39-30(21-23-11-13-26(14-12-23)25-9-5-2-6-10-25)32(41)38-29(33(42)43)19-20-44-22-24-7-3-1-4-8-24/h1-18,21,29H,19-20,22H2,(H,38,41)(H,39,40)(H,42,43). The summed E-state index contributed by atoms with van der Waals surface area (Å²) in [5.74, 6) is -1.79. The number of carboxylic acids is 1. The lowest BCUT2D eigenvalue weighted by Crippen LogP contribution is -2.44. The molecular formula is C34H29F3N2O4S. The molecule has 0 aliphatic heterocycles. The minimum Gasteiger partial charge on any atom is -0.480 e. The maximum absolute atomic E-state index is 13.3. The molecule has 2 amide bonds. The molecule has 4 rings (SSSR count). The Hall–Kier alpha value is -4.83. The zero-order chi connectivity index (χ0) is 31.5. The fourth-order valence-corrected chi connectivity index (χ4v) is 5.17. The monoisotopic (exact) mass is 618 g/mol. The van der Waals surface area contributed by atoms with Crippen molar-refractivity contribution in [2.24, 2.45) is 0 Å². The maximum atomic E-state index is 13.3. The molecule has 226 valence electrons. The predicted octanol–water partition coefficient (Wildman–Crippen LogP) is 7.04. The number of rotatable bonds is 12. The second-order valence-corrected chi connectivity index (χ2v) is 10.9.